The van der Waals surface area contributed by atoms with E-state index >= 15 is 0 Å². The first-order valence-electron chi connectivity index (χ1n) is 16.2. The second-order valence-corrected chi connectivity index (χ2v) is 14.5. The van der Waals surface area contributed by atoms with Gasteiger partial charge in [-0.2, -0.15) is 0 Å². The molecule has 0 bridgehead atoms. The molecule has 47 heavy (non-hydrogen) atoms. The molecule has 0 radical (unpaired) electrons. The summed E-state index contributed by atoms with van der Waals surface area (Å²) in [6, 6.07) is 29.4. The van der Waals surface area contributed by atoms with E-state index < -0.39 is 28.5 Å². The van der Waals surface area contributed by atoms with Crippen LogP contribution in [0.5, 0.6) is 0 Å². The van der Waals surface area contributed by atoms with Crippen LogP contribution in [0.25, 0.3) is 0 Å². The van der Waals surface area contributed by atoms with Crippen LogP contribution in [0, 0.1) is 13.8 Å². The molecule has 1 unspecified atom stereocenters. The number of carbonyl (C=O) groups is 2. The minimum atomic E-state index is -4.17. The number of halogens is 1. The molecule has 1 N–H and O–H groups in total. The molecule has 5 rings (SSSR count). The average molecular weight is 672 g/mol. The standard InChI is InChI=1S/C38H42ClN3O4S/c1-28-15-14-24-35(29(28)2)42(47(45,46)33-21-10-5-11-22-33)27-37(43)41(26-31-18-12-13-23-34(31)39)36(25-30-16-6-3-7-17-30)38(44)40-32-19-8-4-9-20-32/h3,5-7,10-18,21-24,32,36H,4,8-9,19-20,25-27H2,1-2H3,(H,40,44). The molecular weight excluding hydrogens is 630 g/mol. The number of carbonyl (C=O) groups excluding carboxylic acids is 2. The van der Waals surface area contributed by atoms with Crippen LogP contribution >= 0.6 is 11.6 Å². The van der Waals surface area contributed by atoms with Gasteiger partial charge >= 0.3 is 0 Å². The fourth-order valence-electron chi connectivity index (χ4n) is 6.15. The maximum Gasteiger partial charge on any atom is 0.264 e. The fourth-order valence-corrected chi connectivity index (χ4v) is 7.84. The minimum absolute atomic E-state index is 0.0247. The summed E-state index contributed by atoms with van der Waals surface area (Å²) in [6.45, 7) is 3.28. The Kier molecular flexibility index (Phi) is 11.4. The maximum absolute atomic E-state index is 14.7. The van der Waals surface area contributed by atoms with E-state index in [9.17, 15) is 18.0 Å². The number of nitrogens with one attached hydrogen (secondary N) is 1. The van der Waals surface area contributed by atoms with E-state index in [2.05, 4.69) is 5.32 Å². The van der Waals surface area contributed by atoms with E-state index in [0.29, 0.717) is 16.3 Å². The zero-order valence-electron chi connectivity index (χ0n) is 26.9. The highest BCUT2D eigenvalue weighted by Gasteiger charge is 2.36. The molecule has 0 saturated heterocycles. The Labute approximate surface area is 283 Å². The fraction of sp³-hybridized carbons (Fsp3) is 0.316. The van der Waals surface area contributed by atoms with Gasteiger partial charge in [-0.05, 0) is 73.2 Å². The van der Waals surface area contributed by atoms with Crippen LogP contribution in [0.2, 0.25) is 5.02 Å². The zero-order chi connectivity index (χ0) is 33.4. The Morgan fingerprint density at radius 1 is 0.830 bits per heavy atom. The quantitative estimate of drug-likeness (QED) is 0.172. The third kappa shape index (κ3) is 8.42. The minimum Gasteiger partial charge on any atom is -0.352 e. The first-order chi connectivity index (χ1) is 22.6. The highest BCUT2D eigenvalue weighted by atomic mass is 35.5. The summed E-state index contributed by atoms with van der Waals surface area (Å²) in [5, 5.41) is 3.69. The molecule has 246 valence electrons. The third-order valence-electron chi connectivity index (χ3n) is 8.98. The van der Waals surface area contributed by atoms with Gasteiger partial charge in [0.15, 0.2) is 0 Å². The van der Waals surface area contributed by atoms with Crippen LogP contribution in [0.3, 0.4) is 0 Å². The second kappa shape index (κ2) is 15.6. The molecular formula is C38H42ClN3O4S. The molecule has 1 atom stereocenters. The monoisotopic (exact) mass is 671 g/mol. The predicted octanol–water partition coefficient (Wildman–Crippen LogP) is 7.24. The number of anilines is 1. The number of hydrogen-bond acceptors (Lipinski definition) is 4. The molecule has 0 spiro atoms. The highest BCUT2D eigenvalue weighted by molar-refractivity contribution is 7.92. The van der Waals surface area contributed by atoms with Gasteiger partial charge in [-0.1, -0.05) is 110 Å². The summed E-state index contributed by atoms with van der Waals surface area (Å²) < 4.78 is 29.7. The van der Waals surface area contributed by atoms with Crippen molar-refractivity contribution in [2.45, 2.75) is 75.9 Å². The normalized spacial score (nSPS) is 14.3. The van der Waals surface area contributed by atoms with Gasteiger partial charge in [-0.25, -0.2) is 8.42 Å². The largest absolute Gasteiger partial charge is 0.352 e. The van der Waals surface area contributed by atoms with Crippen molar-refractivity contribution < 1.29 is 18.0 Å². The van der Waals surface area contributed by atoms with Gasteiger partial charge in [0.2, 0.25) is 11.8 Å². The van der Waals surface area contributed by atoms with Crippen molar-refractivity contribution in [3.05, 3.63) is 130 Å². The number of benzene rings is 4. The van der Waals surface area contributed by atoms with Crippen LogP contribution < -0.4 is 9.62 Å². The van der Waals surface area contributed by atoms with Crippen LogP contribution in [0.1, 0.15) is 54.4 Å². The second-order valence-electron chi connectivity index (χ2n) is 12.2. The van der Waals surface area contributed by atoms with E-state index in [4.69, 9.17) is 11.6 Å². The molecule has 2 amide bonds. The van der Waals surface area contributed by atoms with Crippen LogP contribution in [-0.2, 0) is 32.6 Å². The molecule has 9 heteroatoms. The summed E-state index contributed by atoms with van der Waals surface area (Å²) in [4.78, 5) is 30.6. The number of nitrogens with zero attached hydrogens (tertiary/aromatic N) is 2. The van der Waals surface area contributed by atoms with Crippen molar-refractivity contribution in [1.29, 1.82) is 0 Å². The van der Waals surface area contributed by atoms with E-state index in [-0.39, 0.29) is 29.8 Å². The van der Waals surface area contributed by atoms with Gasteiger partial charge in [0, 0.05) is 24.0 Å². The van der Waals surface area contributed by atoms with Crippen molar-refractivity contribution in [2.24, 2.45) is 0 Å². The van der Waals surface area contributed by atoms with Crippen molar-refractivity contribution in [1.82, 2.24) is 10.2 Å². The lowest BCUT2D eigenvalue weighted by molar-refractivity contribution is -0.140. The van der Waals surface area contributed by atoms with Gasteiger partial charge in [0.1, 0.15) is 12.6 Å². The Morgan fingerprint density at radius 3 is 2.15 bits per heavy atom. The molecule has 7 nitrogen and oxygen atoms in total. The smallest absolute Gasteiger partial charge is 0.264 e. The van der Waals surface area contributed by atoms with Crippen molar-refractivity contribution >= 4 is 39.1 Å². The summed E-state index contributed by atoms with van der Waals surface area (Å²) in [7, 11) is -4.17. The lowest BCUT2D eigenvalue weighted by Crippen LogP contribution is -2.55. The molecule has 1 fully saturated rings. The van der Waals surface area contributed by atoms with Crippen molar-refractivity contribution in [3.8, 4) is 0 Å². The maximum atomic E-state index is 14.7. The van der Waals surface area contributed by atoms with Gasteiger partial charge in [-0.3, -0.25) is 13.9 Å². The molecule has 0 aliphatic heterocycles. The van der Waals surface area contributed by atoms with Crippen LogP contribution in [-0.4, -0.2) is 43.8 Å². The van der Waals surface area contributed by atoms with Gasteiger partial charge in [0.05, 0.1) is 10.6 Å². The average Bonchev–Trinajstić information content (AvgIpc) is 3.08. The highest BCUT2D eigenvalue weighted by Crippen LogP contribution is 2.30. The van der Waals surface area contributed by atoms with Gasteiger partial charge in [0.25, 0.3) is 10.0 Å². The number of hydrogen-bond donors (Lipinski definition) is 1. The molecule has 1 saturated carbocycles. The zero-order valence-corrected chi connectivity index (χ0v) is 28.5. The first-order valence-corrected chi connectivity index (χ1v) is 18.0. The van der Waals surface area contributed by atoms with Gasteiger partial charge in [-0.15, -0.1) is 0 Å². The Balaban J connectivity index is 1.59. The molecule has 1 aliphatic rings. The van der Waals surface area contributed by atoms with Gasteiger partial charge < -0.3 is 10.2 Å². The Morgan fingerprint density at radius 2 is 1.47 bits per heavy atom. The van der Waals surface area contributed by atoms with E-state index in [1.165, 1.54) is 21.3 Å². The molecule has 1 aliphatic carbocycles. The van der Waals surface area contributed by atoms with E-state index in [1.807, 2.05) is 68.4 Å². The van der Waals surface area contributed by atoms with E-state index in [0.717, 1.165) is 48.8 Å². The first kappa shape index (κ1) is 34.2. The summed E-state index contributed by atoms with van der Waals surface area (Å²) in [5.74, 6) is -0.768. The molecule has 4 aromatic carbocycles. The van der Waals surface area contributed by atoms with Crippen molar-refractivity contribution in [3.63, 3.8) is 0 Å². The molecule has 0 aromatic heterocycles. The number of aryl methyl sites for hydroxylation is 1. The predicted molar refractivity (Wildman–Crippen MR) is 188 cm³/mol. The number of sulfonamides is 1. The Hall–Kier alpha value is -4.14. The number of rotatable bonds is 12. The van der Waals surface area contributed by atoms with Crippen molar-refractivity contribution in [2.75, 3.05) is 10.8 Å². The third-order valence-corrected chi connectivity index (χ3v) is 11.1. The lowest BCUT2D eigenvalue weighted by Gasteiger charge is -2.35. The Bertz CT molecular complexity index is 1780. The van der Waals surface area contributed by atoms with Crippen LogP contribution in [0.4, 0.5) is 5.69 Å². The number of amides is 2. The molecule has 0 heterocycles. The SMILES string of the molecule is Cc1cccc(N(CC(=O)N(Cc2ccccc2Cl)C(Cc2ccccc2)C(=O)NC2CCCCC2)S(=O)(=O)c2ccccc2)c1C. The lowest BCUT2D eigenvalue weighted by atomic mass is 9.94. The summed E-state index contributed by atoms with van der Waals surface area (Å²) in [6.07, 6.45) is 5.25. The topological polar surface area (TPSA) is 86.8 Å². The summed E-state index contributed by atoms with van der Waals surface area (Å²) >= 11 is 6.62. The van der Waals surface area contributed by atoms with Crippen LogP contribution in [0.15, 0.2) is 108 Å². The molecule has 4 aromatic rings. The van der Waals surface area contributed by atoms with E-state index in [1.54, 1.807) is 36.4 Å². The summed E-state index contributed by atoms with van der Waals surface area (Å²) in [5.41, 5.74) is 3.59.